The van der Waals surface area contributed by atoms with Crippen LogP contribution >= 0.6 is 12.2 Å². The van der Waals surface area contributed by atoms with E-state index in [1.54, 1.807) is 0 Å². The minimum absolute atomic E-state index is 0.0315. The Labute approximate surface area is 82.7 Å². The number of likely N-dealkylation sites (tertiary alicyclic amines) is 1. The second kappa shape index (κ2) is 2.92. The number of hydrogen-bond acceptors (Lipinski definition) is 3. The summed E-state index contributed by atoms with van der Waals surface area (Å²) in [5.74, 6) is 0.0315. The van der Waals surface area contributed by atoms with E-state index in [4.69, 9.17) is 12.2 Å². The predicted molar refractivity (Wildman–Crippen MR) is 53.3 cm³/mol. The van der Waals surface area contributed by atoms with Crippen LogP contribution in [0.5, 0.6) is 0 Å². The Hall–Kier alpha value is -0.680. The number of nitrogens with zero attached hydrogens (tertiary/aromatic N) is 1. The van der Waals surface area contributed by atoms with Gasteiger partial charge in [-0.25, -0.2) is 0 Å². The number of likely N-dealkylation sites (N-methyl/N-ethyl adjacent to an activating group) is 1. The van der Waals surface area contributed by atoms with Gasteiger partial charge in [0.25, 0.3) is 5.91 Å². The number of carbonyl (C=O) groups excluding carboxylic acids is 1. The van der Waals surface area contributed by atoms with Crippen LogP contribution in [0.3, 0.4) is 0 Å². The summed E-state index contributed by atoms with van der Waals surface area (Å²) in [6, 6.07) is 0. The van der Waals surface area contributed by atoms with Gasteiger partial charge < -0.3 is 15.5 Å². The molecule has 13 heavy (non-hydrogen) atoms. The lowest BCUT2D eigenvalue weighted by molar-refractivity contribution is -0.125. The zero-order valence-electron chi connectivity index (χ0n) is 7.59. The van der Waals surface area contributed by atoms with Crippen molar-refractivity contribution in [3.05, 3.63) is 0 Å². The zero-order valence-corrected chi connectivity index (χ0v) is 8.41. The summed E-state index contributed by atoms with van der Waals surface area (Å²) in [5.41, 5.74) is -0.440. The standard InChI is InChI=1S/C8H13N3OS/c1-11-4-2-3-8(5-11)6(12)9-7(13)10-8/h2-5H2,1H3,(H2,9,10,12,13). The molecule has 0 radical (unpaired) electrons. The van der Waals surface area contributed by atoms with Gasteiger partial charge in [0.05, 0.1) is 0 Å². The fourth-order valence-electron chi connectivity index (χ4n) is 2.09. The van der Waals surface area contributed by atoms with E-state index in [1.165, 1.54) is 0 Å². The van der Waals surface area contributed by atoms with Crippen LogP contribution < -0.4 is 10.6 Å². The minimum atomic E-state index is -0.440. The SMILES string of the molecule is CN1CCCC2(C1)NC(=S)NC2=O. The molecule has 0 aromatic rings. The molecular formula is C8H13N3OS. The Kier molecular flexibility index (Phi) is 2.00. The van der Waals surface area contributed by atoms with Crippen molar-refractivity contribution in [2.75, 3.05) is 20.1 Å². The molecule has 2 rings (SSSR count). The molecule has 1 amide bonds. The van der Waals surface area contributed by atoms with E-state index in [1.807, 2.05) is 7.05 Å². The van der Waals surface area contributed by atoms with Gasteiger partial charge in [0.15, 0.2) is 5.11 Å². The van der Waals surface area contributed by atoms with Crippen molar-refractivity contribution in [3.63, 3.8) is 0 Å². The largest absolute Gasteiger partial charge is 0.347 e. The molecule has 1 unspecified atom stereocenters. The van der Waals surface area contributed by atoms with Gasteiger partial charge in [-0.2, -0.15) is 0 Å². The Morgan fingerprint density at radius 1 is 1.62 bits per heavy atom. The summed E-state index contributed by atoms with van der Waals surface area (Å²) < 4.78 is 0. The topological polar surface area (TPSA) is 44.4 Å². The second-order valence-electron chi connectivity index (χ2n) is 3.83. The summed E-state index contributed by atoms with van der Waals surface area (Å²) in [7, 11) is 2.03. The van der Waals surface area contributed by atoms with Crippen molar-refractivity contribution in [2.45, 2.75) is 18.4 Å². The second-order valence-corrected chi connectivity index (χ2v) is 4.24. The molecule has 0 aromatic heterocycles. The summed E-state index contributed by atoms with van der Waals surface area (Å²) in [6.07, 6.45) is 1.92. The van der Waals surface area contributed by atoms with Crippen molar-refractivity contribution in [3.8, 4) is 0 Å². The highest BCUT2D eigenvalue weighted by Gasteiger charge is 2.46. The summed E-state index contributed by atoms with van der Waals surface area (Å²) >= 11 is 4.93. The molecule has 0 aromatic carbocycles. The molecule has 1 spiro atoms. The van der Waals surface area contributed by atoms with Gasteiger partial charge in [-0.1, -0.05) is 0 Å². The van der Waals surface area contributed by atoms with Gasteiger partial charge in [0, 0.05) is 6.54 Å². The molecule has 2 aliphatic heterocycles. The zero-order chi connectivity index (χ0) is 9.47. The van der Waals surface area contributed by atoms with Crippen molar-refractivity contribution in [2.24, 2.45) is 0 Å². The molecule has 72 valence electrons. The van der Waals surface area contributed by atoms with E-state index < -0.39 is 5.54 Å². The van der Waals surface area contributed by atoms with Crippen LogP contribution in [0.2, 0.25) is 0 Å². The highest BCUT2D eigenvalue weighted by Crippen LogP contribution is 2.23. The number of hydrogen-bond donors (Lipinski definition) is 2. The molecule has 0 bridgehead atoms. The highest BCUT2D eigenvalue weighted by atomic mass is 32.1. The van der Waals surface area contributed by atoms with E-state index in [9.17, 15) is 4.79 Å². The molecule has 5 heteroatoms. The van der Waals surface area contributed by atoms with Gasteiger partial charge >= 0.3 is 0 Å². The maximum absolute atomic E-state index is 11.6. The van der Waals surface area contributed by atoms with Gasteiger partial charge in [0.1, 0.15) is 5.54 Å². The Bertz CT molecular complexity index is 268. The molecule has 0 aliphatic carbocycles. The van der Waals surface area contributed by atoms with Crippen molar-refractivity contribution in [1.82, 2.24) is 15.5 Å². The Morgan fingerprint density at radius 2 is 2.38 bits per heavy atom. The number of thiocarbonyl (C=S) groups is 1. The number of nitrogens with one attached hydrogen (secondary N) is 2. The highest BCUT2D eigenvalue weighted by molar-refractivity contribution is 7.80. The first-order chi connectivity index (χ1) is 6.12. The molecule has 4 nitrogen and oxygen atoms in total. The number of carbonyl (C=O) groups is 1. The monoisotopic (exact) mass is 199 g/mol. The Morgan fingerprint density at radius 3 is 2.92 bits per heavy atom. The first kappa shape index (κ1) is 8.90. The van der Waals surface area contributed by atoms with Gasteiger partial charge in [-0.15, -0.1) is 0 Å². The maximum Gasteiger partial charge on any atom is 0.253 e. The Balaban J connectivity index is 2.19. The first-order valence-electron chi connectivity index (χ1n) is 4.45. The van der Waals surface area contributed by atoms with Crippen LogP contribution in [0, 0.1) is 0 Å². The van der Waals surface area contributed by atoms with Crippen LogP contribution in [-0.2, 0) is 4.79 Å². The van der Waals surface area contributed by atoms with E-state index in [0.29, 0.717) is 5.11 Å². The summed E-state index contributed by atoms with van der Waals surface area (Å²) in [4.78, 5) is 13.8. The third kappa shape index (κ3) is 1.42. The molecule has 2 heterocycles. The number of amides is 1. The van der Waals surface area contributed by atoms with Gasteiger partial charge in [-0.3, -0.25) is 4.79 Å². The maximum atomic E-state index is 11.6. The molecule has 2 N–H and O–H groups in total. The van der Waals surface area contributed by atoms with Gasteiger partial charge in [-0.05, 0) is 38.7 Å². The smallest absolute Gasteiger partial charge is 0.253 e. The third-order valence-corrected chi connectivity index (χ3v) is 2.90. The van der Waals surface area contributed by atoms with Crippen LogP contribution in [-0.4, -0.2) is 41.6 Å². The molecular weight excluding hydrogens is 186 g/mol. The van der Waals surface area contributed by atoms with Crippen molar-refractivity contribution < 1.29 is 4.79 Å². The third-order valence-electron chi connectivity index (χ3n) is 2.70. The lowest BCUT2D eigenvalue weighted by atomic mass is 9.89. The average Bonchev–Trinajstić information content (AvgIpc) is 2.26. The van der Waals surface area contributed by atoms with Crippen LogP contribution in [0.25, 0.3) is 0 Å². The number of piperidine rings is 1. The van der Waals surface area contributed by atoms with Crippen LogP contribution in [0.15, 0.2) is 0 Å². The fraction of sp³-hybridized carbons (Fsp3) is 0.750. The average molecular weight is 199 g/mol. The molecule has 1 atom stereocenters. The molecule has 2 fully saturated rings. The summed E-state index contributed by atoms with van der Waals surface area (Å²) in [6.45, 7) is 1.81. The predicted octanol–water partition coefficient (Wildman–Crippen LogP) is -0.545. The van der Waals surface area contributed by atoms with Crippen molar-refractivity contribution >= 4 is 23.2 Å². The normalized spacial score (nSPS) is 34.8. The quantitative estimate of drug-likeness (QED) is 0.514. The van der Waals surface area contributed by atoms with E-state index in [0.717, 1.165) is 25.9 Å². The van der Waals surface area contributed by atoms with E-state index >= 15 is 0 Å². The van der Waals surface area contributed by atoms with Gasteiger partial charge in [0.2, 0.25) is 0 Å². The van der Waals surface area contributed by atoms with Crippen LogP contribution in [0.1, 0.15) is 12.8 Å². The molecule has 2 aliphatic rings. The minimum Gasteiger partial charge on any atom is -0.347 e. The fourth-order valence-corrected chi connectivity index (χ4v) is 2.37. The van der Waals surface area contributed by atoms with E-state index in [-0.39, 0.29) is 5.91 Å². The first-order valence-corrected chi connectivity index (χ1v) is 4.85. The number of rotatable bonds is 0. The van der Waals surface area contributed by atoms with E-state index in [2.05, 4.69) is 15.5 Å². The van der Waals surface area contributed by atoms with Crippen LogP contribution in [0.4, 0.5) is 0 Å². The lowest BCUT2D eigenvalue weighted by Crippen LogP contribution is -2.57. The lowest BCUT2D eigenvalue weighted by Gasteiger charge is -2.36. The molecule has 2 saturated heterocycles. The molecule has 0 saturated carbocycles. The summed E-state index contributed by atoms with van der Waals surface area (Å²) in [5, 5.41) is 6.20. The van der Waals surface area contributed by atoms with Crippen molar-refractivity contribution in [1.29, 1.82) is 0 Å².